The first-order chi connectivity index (χ1) is 18.3. The zero-order valence-corrected chi connectivity index (χ0v) is 22.4. The van der Waals surface area contributed by atoms with Crippen molar-refractivity contribution in [3.8, 4) is 17.3 Å². The van der Waals surface area contributed by atoms with E-state index in [9.17, 15) is 9.65 Å². The van der Waals surface area contributed by atoms with Gasteiger partial charge in [-0.05, 0) is 29.9 Å². The van der Waals surface area contributed by atoms with Crippen molar-refractivity contribution in [1.82, 2.24) is 15.0 Å². The SMILES string of the molecule is CCC(C)CC1(CC)CN(c2ncc3c4c(c(-c5ncc(F)c6sc(N)c(C#N)c56)c(F)c3n2)COC4)C1. The molecule has 0 spiro atoms. The van der Waals surface area contributed by atoms with Gasteiger partial charge in [-0.1, -0.05) is 27.2 Å². The fraction of sp³-hybridized carbons (Fsp3) is 0.429. The maximum absolute atomic E-state index is 16.5. The fourth-order valence-electron chi connectivity index (χ4n) is 5.98. The van der Waals surface area contributed by atoms with Crippen molar-refractivity contribution in [1.29, 1.82) is 5.26 Å². The van der Waals surface area contributed by atoms with Crippen LogP contribution in [0.15, 0.2) is 12.4 Å². The van der Waals surface area contributed by atoms with E-state index in [4.69, 9.17) is 15.5 Å². The van der Waals surface area contributed by atoms with Crippen molar-refractivity contribution in [2.24, 2.45) is 11.3 Å². The Bertz CT molecular complexity index is 1640. The van der Waals surface area contributed by atoms with Gasteiger partial charge in [-0.2, -0.15) is 5.26 Å². The Balaban J connectivity index is 1.50. The van der Waals surface area contributed by atoms with Crippen LogP contribution in [0.2, 0.25) is 0 Å². The number of hydrogen-bond acceptors (Lipinski definition) is 8. The van der Waals surface area contributed by atoms with E-state index in [1.54, 1.807) is 6.20 Å². The summed E-state index contributed by atoms with van der Waals surface area (Å²) < 4.78 is 37.0. The Morgan fingerprint density at radius 1 is 1.21 bits per heavy atom. The summed E-state index contributed by atoms with van der Waals surface area (Å²) >= 11 is 0.960. The smallest absolute Gasteiger partial charge is 0.226 e. The molecule has 1 saturated heterocycles. The molecule has 0 aliphatic carbocycles. The molecule has 10 heteroatoms. The number of aromatic nitrogens is 3. The summed E-state index contributed by atoms with van der Waals surface area (Å²) in [5, 5.41) is 10.7. The summed E-state index contributed by atoms with van der Waals surface area (Å²) in [5.74, 6) is -0.0510. The van der Waals surface area contributed by atoms with Gasteiger partial charge >= 0.3 is 0 Å². The number of anilines is 2. The molecule has 0 saturated carbocycles. The lowest BCUT2D eigenvalue weighted by molar-refractivity contribution is 0.135. The second-order valence-corrected chi connectivity index (χ2v) is 11.7. The topological polar surface area (TPSA) is 101 Å². The Hall–Kier alpha value is -3.42. The third kappa shape index (κ3) is 3.63. The number of benzene rings is 1. The van der Waals surface area contributed by atoms with Crippen molar-refractivity contribution >= 4 is 43.3 Å². The summed E-state index contributed by atoms with van der Waals surface area (Å²) in [4.78, 5) is 15.7. The van der Waals surface area contributed by atoms with Crippen LogP contribution in [0.1, 0.15) is 56.7 Å². The summed E-state index contributed by atoms with van der Waals surface area (Å²) in [6, 6.07) is 2.04. The van der Waals surface area contributed by atoms with Crippen LogP contribution >= 0.6 is 11.3 Å². The Kier molecular flexibility index (Phi) is 5.96. The minimum absolute atomic E-state index is 0.0975. The summed E-state index contributed by atoms with van der Waals surface area (Å²) in [6.45, 7) is 8.84. The van der Waals surface area contributed by atoms with E-state index >= 15 is 4.39 Å². The predicted molar refractivity (Wildman–Crippen MR) is 145 cm³/mol. The van der Waals surface area contributed by atoms with Crippen LogP contribution in [0, 0.1) is 34.3 Å². The molecule has 196 valence electrons. The first kappa shape index (κ1) is 24.9. The highest BCUT2D eigenvalue weighted by Gasteiger charge is 2.43. The highest BCUT2D eigenvalue weighted by molar-refractivity contribution is 7.23. The van der Waals surface area contributed by atoms with E-state index in [1.807, 2.05) is 6.07 Å². The average Bonchev–Trinajstić information content (AvgIpc) is 3.51. The number of fused-ring (bicyclic) bond motifs is 4. The molecule has 5 heterocycles. The van der Waals surface area contributed by atoms with Gasteiger partial charge in [0, 0.05) is 41.0 Å². The minimum Gasteiger partial charge on any atom is -0.389 e. The number of nitrogen functional groups attached to an aromatic ring is 1. The van der Waals surface area contributed by atoms with Crippen molar-refractivity contribution < 1.29 is 13.5 Å². The van der Waals surface area contributed by atoms with Crippen LogP contribution in [0.4, 0.5) is 19.7 Å². The lowest BCUT2D eigenvalue weighted by atomic mass is 9.71. The Morgan fingerprint density at radius 2 is 1.97 bits per heavy atom. The van der Waals surface area contributed by atoms with E-state index in [0.717, 1.165) is 55.4 Å². The highest BCUT2D eigenvalue weighted by atomic mass is 32.1. The third-order valence-electron chi connectivity index (χ3n) is 8.30. The number of pyridine rings is 1. The quantitative estimate of drug-likeness (QED) is 0.309. The van der Waals surface area contributed by atoms with Crippen molar-refractivity contribution in [3.63, 3.8) is 0 Å². The number of halogens is 2. The van der Waals surface area contributed by atoms with Gasteiger partial charge in [0.05, 0.1) is 35.4 Å². The van der Waals surface area contributed by atoms with Gasteiger partial charge in [0.1, 0.15) is 16.6 Å². The number of nitrogens with two attached hydrogens (primary N) is 1. The molecule has 2 aliphatic heterocycles. The molecular formula is C28H28F2N6OS. The molecule has 1 fully saturated rings. The molecule has 4 aromatic rings. The second kappa shape index (κ2) is 9.10. The zero-order chi connectivity index (χ0) is 26.8. The average molecular weight is 535 g/mol. The molecule has 1 unspecified atom stereocenters. The molecule has 1 aromatic carbocycles. The van der Waals surface area contributed by atoms with Crippen LogP contribution < -0.4 is 10.6 Å². The number of rotatable bonds is 6. The van der Waals surface area contributed by atoms with Gasteiger partial charge in [0.15, 0.2) is 11.6 Å². The molecule has 2 aliphatic rings. The lowest BCUT2D eigenvalue weighted by Crippen LogP contribution is -2.57. The number of thiophene rings is 1. The largest absolute Gasteiger partial charge is 0.389 e. The summed E-state index contributed by atoms with van der Waals surface area (Å²) in [7, 11) is 0. The number of ether oxygens (including phenoxy) is 1. The number of nitriles is 1. The molecule has 1 atom stereocenters. The standard InChI is InChI=1S/C28H28F2N6OS/c1-4-14(3)6-28(5-2)12-36(13-28)27-34-8-16-17-10-37-11-18(17)20(22(30)23(16)35-27)24-21-15(7-31)26(32)38-25(21)19(29)9-33-24/h8-9,14H,4-6,10-13,32H2,1-3H3. The Labute approximate surface area is 223 Å². The zero-order valence-electron chi connectivity index (χ0n) is 21.6. The molecule has 7 nitrogen and oxygen atoms in total. The van der Waals surface area contributed by atoms with Crippen LogP contribution in [-0.4, -0.2) is 28.0 Å². The van der Waals surface area contributed by atoms with Crippen LogP contribution in [0.3, 0.4) is 0 Å². The number of nitrogens with zero attached hydrogens (tertiary/aromatic N) is 5. The first-order valence-electron chi connectivity index (χ1n) is 12.9. The highest BCUT2D eigenvalue weighted by Crippen LogP contribution is 2.46. The summed E-state index contributed by atoms with van der Waals surface area (Å²) in [5.41, 5.74) is 8.27. The number of hydrogen-bond donors (Lipinski definition) is 1. The normalized spacial score (nSPS) is 17.0. The predicted octanol–water partition coefficient (Wildman–Crippen LogP) is 6.32. The van der Waals surface area contributed by atoms with E-state index in [2.05, 4.69) is 35.6 Å². The van der Waals surface area contributed by atoms with Gasteiger partial charge in [-0.15, -0.1) is 11.3 Å². The van der Waals surface area contributed by atoms with Crippen molar-refractivity contribution in [3.05, 3.63) is 40.7 Å². The van der Waals surface area contributed by atoms with Gasteiger partial charge < -0.3 is 15.4 Å². The maximum Gasteiger partial charge on any atom is 0.226 e. The monoisotopic (exact) mass is 534 g/mol. The fourth-order valence-corrected chi connectivity index (χ4v) is 6.90. The van der Waals surface area contributed by atoms with Crippen LogP contribution in [0.5, 0.6) is 0 Å². The minimum atomic E-state index is -0.602. The Morgan fingerprint density at radius 3 is 2.68 bits per heavy atom. The maximum atomic E-state index is 16.5. The van der Waals surface area contributed by atoms with Crippen molar-refractivity contribution in [2.45, 2.75) is 53.2 Å². The van der Waals surface area contributed by atoms with Gasteiger partial charge in [-0.3, -0.25) is 4.98 Å². The summed E-state index contributed by atoms with van der Waals surface area (Å²) in [6.07, 6.45) is 6.08. The molecule has 6 rings (SSSR count). The molecule has 38 heavy (non-hydrogen) atoms. The molecule has 0 amide bonds. The third-order valence-corrected chi connectivity index (χ3v) is 9.32. The van der Waals surface area contributed by atoms with E-state index in [0.29, 0.717) is 22.8 Å². The van der Waals surface area contributed by atoms with E-state index in [1.165, 1.54) is 0 Å². The van der Waals surface area contributed by atoms with E-state index < -0.39 is 11.6 Å². The van der Waals surface area contributed by atoms with Gasteiger partial charge in [0.2, 0.25) is 5.95 Å². The second-order valence-electron chi connectivity index (χ2n) is 10.6. The molecule has 3 aromatic heterocycles. The molecule has 2 N–H and O–H groups in total. The van der Waals surface area contributed by atoms with Crippen LogP contribution in [0.25, 0.3) is 32.2 Å². The van der Waals surface area contributed by atoms with Crippen molar-refractivity contribution in [2.75, 3.05) is 23.7 Å². The first-order valence-corrected chi connectivity index (χ1v) is 13.7. The van der Waals surface area contributed by atoms with Gasteiger partial charge in [-0.25, -0.2) is 18.7 Å². The molecular weight excluding hydrogens is 506 g/mol. The molecule has 0 radical (unpaired) electrons. The van der Waals surface area contributed by atoms with Gasteiger partial charge in [0.25, 0.3) is 0 Å². The van der Waals surface area contributed by atoms with E-state index in [-0.39, 0.29) is 56.1 Å². The lowest BCUT2D eigenvalue weighted by Gasteiger charge is -2.51. The van der Waals surface area contributed by atoms with Crippen LogP contribution in [-0.2, 0) is 18.0 Å². The molecule has 0 bridgehead atoms.